The molecule has 2 rings (SSSR count). The van der Waals surface area contributed by atoms with Crippen LogP contribution in [0.1, 0.15) is 20.0 Å². The first-order chi connectivity index (χ1) is 10.1. The molecule has 6 heteroatoms. The summed E-state index contributed by atoms with van der Waals surface area (Å²) in [5.41, 5.74) is 7.27. The van der Waals surface area contributed by atoms with E-state index in [0.717, 1.165) is 0 Å². The summed E-state index contributed by atoms with van der Waals surface area (Å²) in [4.78, 5) is 24.2. The molecule has 0 bridgehead atoms. The maximum atomic E-state index is 12.0. The van der Waals surface area contributed by atoms with Crippen molar-refractivity contribution in [2.75, 3.05) is 17.6 Å². The fraction of sp³-hybridized carbons (Fsp3) is 0.0667. The van der Waals surface area contributed by atoms with Crippen LogP contribution in [-0.2, 0) is 0 Å². The van der Waals surface area contributed by atoms with Gasteiger partial charge >= 0.3 is 0 Å². The summed E-state index contributed by atoms with van der Waals surface area (Å²) in [6.45, 7) is 3.94. The third-order valence-corrected chi connectivity index (χ3v) is 3.64. The molecular weight excluding hydrogens is 286 g/mol. The molecule has 0 fully saturated rings. The molecule has 0 aliphatic rings. The van der Waals surface area contributed by atoms with E-state index in [1.165, 1.54) is 11.3 Å². The van der Waals surface area contributed by atoms with E-state index in [1.54, 1.807) is 41.8 Å². The van der Waals surface area contributed by atoms with Crippen molar-refractivity contribution in [2.24, 2.45) is 0 Å². The van der Waals surface area contributed by atoms with Crippen LogP contribution in [0.25, 0.3) is 0 Å². The maximum absolute atomic E-state index is 12.0. The van der Waals surface area contributed by atoms with E-state index >= 15 is 0 Å². The van der Waals surface area contributed by atoms with Crippen molar-refractivity contribution >= 4 is 34.5 Å². The molecule has 4 N–H and O–H groups in total. The van der Waals surface area contributed by atoms with Crippen molar-refractivity contribution in [3.8, 4) is 0 Å². The Morgan fingerprint density at radius 3 is 2.48 bits per heavy atom. The highest BCUT2D eigenvalue weighted by atomic mass is 32.1. The van der Waals surface area contributed by atoms with E-state index in [-0.39, 0.29) is 11.8 Å². The van der Waals surface area contributed by atoms with Crippen LogP contribution in [0.2, 0.25) is 0 Å². The molecule has 0 aliphatic carbocycles. The number of carbonyl (C=O) groups excluding carboxylic acids is 2. The lowest BCUT2D eigenvalue weighted by Gasteiger charge is -2.06. The molecule has 0 unspecified atom stereocenters. The quantitative estimate of drug-likeness (QED) is 0.742. The molecule has 0 aliphatic heterocycles. The highest BCUT2D eigenvalue weighted by Gasteiger charge is 2.11. The van der Waals surface area contributed by atoms with Gasteiger partial charge in [-0.05, 0) is 35.7 Å². The molecule has 1 heterocycles. The Hall–Kier alpha value is -2.60. The predicted molar refractivity (Wildman–Crippen MR) is 85.7 cm³/mol. The van der Waals surface area contributed by atoms with Gasteiger partial charge in [-0.1, -0.05) is 6.08 Å². The van der Waals surface area contributed by atoms with Crippen LogP contribution in [0.15, 0.2) is 48.4 Å². The molecule has 0 saturated heterocycles. The number of anilines is 2. The minimum Gasteiger partial charge on any atom is -0.397 e. The molecule has 5 nitrogen and oxygen atoms in total. The van der Waals surface area contributed by atoms with Crippen molar-refractivity contribution in [3.05, 3.63) is 58.8 Å². The van der Waals surface area contributed by atoms with Gasteiger partial charge in [-0.25, -0.2) is 0 Å². The Morgan fingerprint density at radius 1 is 1.19 bits per heavy atom. The third-order valence-electron chi connectivity index (χ3n) is 2.71. The number of nitrogens with one attached hydrogen (secondary N) is 2. The minimum atomic E-state index is -0.258. The SMILES string of the molecule is C=CCNC(=O)c1ccc(NC(=O)c2sccc2N)cc1. The number of carbonyl (C=O) groups is 2. The molecule has 0 radical (unpaired) electrons. The van der Waals surface area contributed by atoms with Gasteiger partial charge in [-0.3, -0.25) is 9.59 Å². The van der Waals surface area contributed by atoms with Crippen molar-refractivity contribution in [1.82, 2.24) is 5.32 Å². The summed E-state index contributed by atoms with van der Waals surface area (Å²) >= 11 is 1.28. The number of rotatable bonds is 5. The van der Waals surface area contributed by atoms with Crippen LogP contribution < -0.4 is 16.4 Å². The van der Waals surface area contributed by atoms with Crippen molar-refractivity contribution in [1.29, 1.82) is 0 Å². The van der Waals surface area contributed by atoms with Gasteiger partial charge in [0.25, 0.3) is 11.8 Å². The monoisotopic (exact) mass is 301 g/mol. The van der Waals surface area contributed by atoms with Gasteiger partial charge in [0.05, 0.1) is 5.69 Å². The highest BCUT2D eigenvalue weighted by molar-refractivity contribution is 7.12. The smallest absolute Gasteiger partial charge is 0.267 e. The fourth-order valence-electron chi connectivity index (χ4n) is 1.66. The summed E-state index contributed by atoms with van der Waals surface area (Å²) < 4.78 is 0. The van der Waals surface area contributed by atoms with Crippen LogP contribution in [0, 0.1) is 0 Å². The average molecular weight is 301 g/mol. The first kappa shape index (κ1) is 14.8. The first-order valence-electron chi connectivity index (χ1n) is 6.25. The molecule has 21 heavy (non-hydrogen) atoms. The maximum Gasteiger partial charge on any atom is 0.267 e. The van der Waals surface area contributed by atoms with Crippen molar-refractivity contribution in [2.45, 2.75) is 0 Å². The molecule has 1 aromatic heterocycles. The standard InChI is InChI=1S/C15H15N3O2S/c1-2-8-17-14(19)10-3-5-11(6-4-10)18-15(20)13-12(16)7-9-21-13/h2-7,9H,1,8,16H2,(H,17,19)(H,18,20). The summed E-state index contributed by atoms with van der Waals surface area (Å²) in [7, 11) is 0. The number of nitrogens with two attached hydrogens (primary N) is 1. The summed E-state index contributed by atoms with van der Waals surface area (Å²) in [6, 6.07) is 8.32. The Balaban J connectivity index is 2.02. The van der Waals surface area contributed by atoms with Gasteiger partial charge in [0.15, 0.2) is 0 Å². The molecule has 0 spiro atoms. The molecule has 108 valence electrons. The second-order valence-electron chi connectivity index (χ2n) is 4.24. The van der Waals surface area contributed by atoms with E-state index in [2.05, 4.69) is 17.2 Å². The summed E-state index contributed by atoms with van der Waals surface area (Å²) in [5, 5.41) is 7.18. The number of nitrogen functional groups attached to an aromatic ring is 1. The minimum absolute atomic E-state index is 0.185. The van der Waals surface area contributed by atoms with Crippen molar-refractivity contribution < 1.29 is 9.59 Å². The lowest BCUT2D eigenvalue weighted by atomic mass is 10.2. The Kier molecular flexibility index (Phi) is 4.73. The highest BCUT2D eigenvalue weighted by Crippen LogP contribution is 2.20. The third kappa shape index (κ3) is 3.70. The van der Waals surface area contributed by atoms with E-state index in [9.17, 15) is 9.59 Å². The van der Waals surface area contributed by atoms with E-state index in [4.69, 9.17) is 5.73 Å². The fourth-order valence-corrected chi connectivity index (χ4v) is 2.38. The largest absolute Gasteiger partial charge is 0.397 e. The lowest BCUT2D eigenvalue weighted by Crippen LogP contribution is -2.23. The van der Waals surface area contributed by atoms with Crippen LogP contribution in [0.4, 0.5) is 11.4 Å². The number of benzene rings is 1. The van der Waals surface area contributed by atoms with Gasteiger partial charge in [-0.15, -0.1) is 17.9 Å². The Bertz CT molecular complexity index is 662. The van der Waals surface area contributed by atoms with E-state index in [1.807, 2.05) is 0 Å². The summed E-state index contributed by atoms with van der Waals surface area (Å²) in [6.07, 6.45) is 1.61. The van der Waals surface area contributed by atoms with E-state index in [0.29, 0.717) is 28.4 Å². The molecular formula is C15H15N3O2S. The van der Waals surface area contributed by atoms with Gasteiger partial charge in [-0.2, -0.15) is 0 Å². The predicted octanol–water partition coefficient (Wildman–Crippen LogP) is 2.50. The second kappa shape index (κ2) is 6.71. The van der Waals surface area contributed by atoms with Crippen LogP contribution >= 0.6 is 11.3 Å². The van der Waals surface area contributed by atoms with Crippen LogP contribution in [-0.4, -0.2) is 18.4 Å². The Labute approximate surface area is 126 Å². The van der Waals surface area contributed by atoms with Crippen molar-refractivity contribution in [3.63, 3.8) is 0 Å². The van der Waals surface area contributed by atoms with Crippen LogP contribution in [0.3, 0.4) is 0 Å². The van der Waals surface area contributed by atoms with Gasteiger partial charge in [0.2, 0.25) is 0 Å². The zero-order chi connectivity index (χ0) is 15.2. The number of hydrogen-bond acceptors (Lipinski definition) is 4. The zero-order valence-corrected chi connectivity index (χ0v) is 12.1. The normalized spacial score (nSPS) is 9.90. The molecule has 2 aromatic rings. The molecule has 2 amide bonds. The van der Waals surface area contributed by atoms with Gasteiger partial charge in [0, 0.05) is 17.8 Å². The van der Waals surface area contributed by atoms with Gasteiger partial charge < -0.3 is 16.4 Å². The molecule has 0 saturated carbocycles. The lowest BCUT2D eigenvalue weighted by molar-refractivity contribution is 0.0957. The Morgan fingerprint density at radius 2 is 1.90 bits per heavy atom. The van der Waals surface area contributed by atoms with E-state index < -0.39 is 0 Å². The second-order valence-corrected chi connectivity index (χ2v) is 5.15. The number of thiophene rings is 1. The summed E-state index contributed by atoms with van der Waals surface area (Å²) in [5.74, 6) is -0.443. The number of amides is 2. The molecule has 1 aromatic carbocycles. The topological polar surface area (TPSA) is 84.2 Å². The first-order valence-corrected chi connectivity index (χ1v) is 7.13. The zero-order valence-electron chi connectivity index (χ0n) is 11.3. The average Bonchev–Trinajstić information content (AvgIpc) is 2.91. The number of hydrogen-bond donors (Lipinski definition) is 3. The van der Waals surface area contributed by atoms with Crippen LogP contribution in [0.5, 0.6) is 0 Å². The van der Waals surface area contributed by atoms with Gasteiger partial charge in [0.1, 0.15) is 4.88 Å². The molecule has 0 atom stereocenters.